The Balaban J connectivity index is 1.78. The monoisotopic (exact) mass is 324 g/mol. The van der Waals surface area contributed by atoms with Crippen molar-refractivity contribution in [3.63, 3.8) is 0 Å². The molecule has 0 radical (unpaired) electrons. The van der Waals surface area contributed by atoms with Gasteiger partial charge in [0.1, 0.15) is 17.1 Å². The molecule has 0 atom stereocenters. The van der Waals surface area contributed by atoms with E-state index in [-0.39, 0.29) is 5.91 Å². The normalized spacial score (nSPS) is 10.6. The number of carbonyl (C=O) groups is 1. The Morgan fingerprint density at radius 3 is 2.71 bits per heavy atom. The van der Waals surface area contributed by atoms with Crippen molar-refractivity contribution < 1.29 is 9.53 Å². The van der Waals surface area contributed by atoms with Crippen molar-refractivity contribution in [2.24, 2.45) is 7.05 Å². The second-order valence-corrected chi connectivity index (χ2v) is 5.32. The second kappa shape index (κ2) is 7.04. The number of ether oxygens (including phenoxy) is 1. The molecular formula is C18H20N4O2. The van der Waals surface area contributed by atoms with Gasteiger partial charge >= 0.3 is 0 Å². The average molecular weight is 324 g/mol. The third kappa shape index (κ3) is 3.17. The highest BCUT2D eigenvalue weighted by atomic mass is 16.5. The van der Waals surface area contributed by atoms with Gasteiger partial charge in [0, 0.05) is 31.5 Å². The highest BCUT2D eigenvalue weighted by molar-refractivity contribution is 5.97. The molecule has 1 N–H and O–H groups in total. The fraction of sp³-hybridized carbons (Fsp3) is 0.222. The van der Waals surface area contributed by atoms with Crippen LogP contribution >= 0.6 is 0 Å². The summed E-state index contributed by atoms with van der Waals surface area (Å²) in [5, 5.41) is 7.15. The van der Waals surface area contributed by atoms with Gasteiger partial charge < -0.3 is 14.6 Å². The molecule has 124 valence electrons. The summed E-state index contributed by atoms with van der Waals surface area (Å²) in [7, 11) is 1.82. The number of nitrogens with one attached hydrogen (secondary N) is 1. The van der Waals surface area contributed by atoms with Crippen molar-refractivity contribution in [1.29, 1.82) is 0 Å². The third-order valence-corrected chi connectivity index (χ3v) is 3.71. The van der Waals surface area contributed by atoms with Gasteiger partial charge in [-0.05, 0) is 25.1 Å². The first kappa shape index (κ1) is 15.9. The van der Waals surface area contributed by atoms with Gasteiger partial charge in [0.2, 0.25) is 0 Å². The summed E-state index contributed by atoms with van der Waals surface area (Å²) < 4.78 is 9.14. The highest BCUT2D eigenvalue weighted by Crippen LogP contribution is 2.18. The summed E-state index contributed by atoms with van der Waals surface area (Å²) in [6.45, 7) is 2.93. The first-order valence-corrected chi connectivity index (χ1v) is 7.85. The lowest BCUT2D eigenvalue weighted by molar-refractivity contribution is 0.0950. The van der Waals surface area contributed by atoms with Gasteiger partial charge in [0.05, 0.1) is 12.8 Å². The maximum Gasteiger partial charge on any atom is 0.256 e. The molecule has 2 heterocycles. The van der Waals surface area contributed by atoms with Crippen LogP contribution in [0, 0.1) is 0 Å². The molecule has 1 amide bonds. The Morgan fingerprint density at radius 1 is 1.21 bits per heavy atom. The Labute approximate surface area is 140 Å². The second-order valence-electron chi connectivity index (χ2n) is 5.32. The summed E-state index contributed by atoms with van der Waals surface area (Å²) in [5.74, 6) is 1.35. The molecule has 1 aromatic carbocycles. The molecule has 6 heteroatoms. The molecule has 24 heavy (non-hydrogen) atoms. The van der Waals surface area contributed by atoms with E-state index in [9.17, 15) is 4.79 Å². The quantitative estimate of drug-likeness (QED) is 0.758. The van der Waals surface area contributed by atoms with Crippen LogP contribution < -0.4 is 10.1 Å². The van der Waals surface area contributed by atoms with Gasteiger partial charge in [-0.1, -0.05) is 18.2 Å². The minimum Gasteiger partial charge on any atom is -0.494 e. The summed E-state index contributed by atoms with van der Waals surface area (Å²) in [4.78, 5) is 12.6. The van der Waals surface area contributed by atoms with Gasteiger partial charge in [-0.25, -0.2) is 0 Å². The Bertz CT molecular complexity index is 821. The lowest BCUT2D eigenvalue weighted by Gasteiger charge is -2.11. The maximum atomic E-state index is 12.6. The van der Waals surface area contributed by atoms with Gasteiger partial charge in [-0.3, -0.25) is 9.48 Å². The highest BCUT2D eigenvalue weighted by Gasteiger charge is 2.17. The number of benzene rings is 1. The number of amides is 1. The number of nitrogens with zero attached hydrogens (tertiary/aromatic N) is 3. The van der Waals surface area contributed by atoms with Crippen molar-refractivity contribution in [1.82, 2.24) is 19.7 Å². The molecule has 3 aromatic rings. The first-order chi connectivity index (χ1) is 11.7. The zero-order chi connectivity index (χ0) is 16.9. The molecule has 0 aliphatic carbocycles. The minimum absolute atomic E-state index is 0.168. The predicted octanol–water partition coefficient (Wildman–Crippen LogP) is 2.54. The predicted molar refractivity (Wildman–Crippen MR) is 91.3 cm³/mol. The van der Waals surface area contributed by atoms with Crippen LogP contribution in [-0.4, -0.2) is 26.9 Å². The topological polar surface area (TPSA) is 61.1 Å². The number of aryl methyl sites for hydroxylation is 1. The number of hydrogen-bond acceptors (Lipinski definition) is 3. The largest absolute Gasteiger partial charge is 0.494 e. The molecule has 2 aromatic heterocycles. The molecule has 0 fully saturated rings. The van der Waals surface area contributed by atoms with E-state index in [2.05, 4.69) is 10.4 Å². The Hall–Kier alpha value is -3.02. The van der Waals surface area contributed by atoms with Crippen molar-refractivity contribution in [3.8, 4) is 11.6 Å². The van der Waals surface area contributed by atoms with E-state index in [0.717, 1.165) is 17.1 Å². The summed E-state index contributed by atoms with van der Waals surface area (Å²) in [6, 6.07) is 11.5. The average Bonchev–Trinajstić information content (AvgIpc) is 3.23. The molecule has 0 spiro atoms. The number of carbonyl (C=O) groups excluding carboxylic acids is 1. The number of aromatic nitrogens is 3. The molecule has 0 unspecified atom stereocenters. The zero-order valence-corrected chi connectivity index (χ0v) is 13.8. The van der Waals surface area contributed by atoms with Crippen molar-refractivity contribution >= 4 is 5.91 Å². The van der Waals surface area contributed by atoms with E-state index in [1.807, 2.05) is 67.3 Å². The van der Waals surface area contributed by atoms with Crippen molar-refractivity contribution in [3.05, 3.63) is 66.1 Å². The lowest BCUT2D eigenvalue weighted by Crippen LogP contribution is -2.24. The standard InChI is InChI=1S/C18H20N4O2/c1-3-24-16-9-5-4-8-14(16)12-19-17(23)15-13-20-21(2)18(15)22-10-6-7-11-22/h4-11,13H,3,12H2,1-2H3,(H,19,23). The SMILES string of the molecule is CCOc1ccccc1CNC(=O)c1cnn(C)c1-n1cccc1. The van der Waals surface area contributed by atoms with E-state index in [1.54, 1.807) is 10.9 Å². The fourth-order valence-corrected chi connectivity index (χ4v) is 2.59. The number of hydrogen-bond donors (Lipinski definition) is 1. The molecule has 6 nitrogen and oxygen atoms in total. The lowest BCUT2D eigenvalue weighted by atomic mass is 10.2. The van der Waals surface area contributed by atoms with Gasteiger partial charge in [0.15, 0.2) is 0 Å². The first-order valence-electron chi connectivity index (χ1n) is 7.85. The summed E-state index contributed by atoms with van der Waals surface area (Å²) >= 11 is 0. The van der Waals surface area contributed by atoms with E-state index in [0.29, 0.717) is 18.7 Å². The van der Waals surface area contributed by atoms with Crippen molar-refractivity contribution in [2.75, 3.05) is 6.61 Å². The fourth-order valence-electron chi connectivity index (χ4n) is 2.59. The van der Waals surface area contributed by atoms with Gasteiger partial charge in [0.25, 0.3) is 5.91 Å². The van der Waals surface area contributed by atoms with Crippen LogP contribution in [0.3, 0.4) is 0 Å². The summed E-state index contributed by atoms with van der Waals surface area (Å²) in [6.07, 6.45) is 5.36. The third-order valence-electron chi connectivity index (χ3n) is 3.71. The molecule has 0 saturated heterocycles. The number of para-hydroxylation sites is 1. The van der Waals surface area contributed by atoms with Crippen LogP contribution in [0.5, 0.6) is 5.75 Å². The Morgan fingerprint density at radius 2 is 1.96 bits per heavy atom. The van der Waals surface area contributed by atoms with Gasteiger partial charge in [-0.2, -0.15) is 5.10 Å². The smallest absolute Gasteiger partial charge is 0.256 e. The van der Waals surface area contributed by atoms with E-state index >= 15 is 0 Å². The van der Waals surface area contributed by atoms with Crippen LogP contribution in [0.25, 0.3) is 5.82 Å². The Kier molecular flexibility index (Phi) is 4.65. The molecule has 0 aliphatic rings. The van der Waals surface area contributed by atoms with E-state index in [4.69, 9.17) is 4.74 Å². The minimum atomic E-state index is -0.168. The van der Waals surface area contributed by atoms with Crippen LogP contribution in [-0.2, 0) is 13.6 Å². The number of rotatable bonds is 6. The molecule has 0 aliphatic heterocycles. The maximum absolute atomic E-state index is 12.6. The molecule has 0 bridgehead atoms. The van der Waals surface area contributed by atoms with Crippen LogP contribution in [0.1, 0.15) is 22.8 Å². The van der Waals surface area contributed by atoms with Crippen molar-refractivity contribution in [2.45, 2.75) is 13.5 Å². The molecule has 3 rings (SSSR count). The molecular weight excluding hydrogens is 304 g/mol. The summed E-state index contributed by atoms with van der Waals surface area (Å²) in [5.41, 5.74) is 1.47. The van der Waals surface area contributed by atoms with Crippen LogP contribution in [0.15, 0.2) is 55.0 Å². The molecule has 0 saturated carbocycles. The van der Waals surface area contributed by atoms with Gasteiger partial charge in [-0.15, -0.1) is 0 Å². The van der Waals surface area contributed by atoms with E-state index in [1.165, 1.54) is 0 Å². The van der Waals surface area contributed by atoms with Crippen LogP contribution in [0.4, 0.5) is 0 Å². The van der Waals surface area contributed by atoms with Crippen LogP contribution in [0.2, 0.25) is 0 Å². The van der Waals surface area contributed by atoms with E-state index < -0.39 is 0 Å². The zero-order valence-electron chi connectivity index (χ0n) is 13.8.